The summed E-state index contributed by atoms with van der Waals surface area (Å²) in [6.45, 7) is 4.01. The fourth-order valence-electron chi connectivity index (χ4n) is 7.92. The molecule has 4 aromatic rings. The Morgan fingerprint density at radius 2 is 1.83 bits per heavy atom. The van der Waals surface area contributed by atoms with Crippen molar-refractivity contribution < 1.29 is 13.8 Å². The number of fused-ring (bicyclic) bond motifs is 3. The predicted octanol–water partition coefficient (Wildman–Crippen LogP) is 4.59. The van der Waals surface area contributed by atoms with Crippen LogP contribution in [0.15, 0.2) is 58.0 Å². The quantitative estimate of drug-likeness (QED) is 0.372. The Morgan fingerprint density at radius 1 is 1.07 bits per heavy atom. The van der Waals surface area contributed by atoms with Gasteiger partial charge in [-0.15, -0.1) is 0 Å². The second-order valence-corrected chi connectivity index (χ2v) is 12.1. The van der Waals surface area contributed by atoms with Crippen molar-refractivity contribution in [1.29, 1.82) is 0 Å². The zero-order chi connectivity index (χ0) is 28.1. The minimum absolute atomic E-state index is 0.219. The lowest BCUT2D eigenvalue weighted by Gasteiger charge is -2.45. The Hall–Kier alpha value is -3.79. The van der Waals surface area contributed by atoms with Crippen molar-refractivity contribution in [2.75, 3.05) is 19.6 Å². The van der Waals surface area contributed by atoms with Crippen LogP contribution in [0.1, 0.15) is 72.9 Å². The number of para-hydroxylation sites is 2. The Bertz CT molecular complexity index is 1620. The number of hydrogen-bond acceptors (Lipinski definition) is 6. The lowest BCUT2D eigenvalue weighted by molar-refractivity contribution is 0.0596. The summed E-state index contributed by atoms with van der Waals surface area (Å²) in [5.74, 6) is 0.427. The van der Waals surface area contributed by atoms with E-state index in [1.54, 1.807) is 17.0 Å². The molecule has 3 aliphatic heterocycles. The molecule has 2 aromatic carbocycles. The number of nitrogens with one attached hydrogen (secondary N) is 1. The number of aromatic amines is 1. The van der Waals surface area contributed by atoms with Crippen LogP contribution in [-0.2, 0) is 5.41 Å². The van der Waals surface area contributed by atoms with Crippen molar-refractivity contribution in [3.63, 3.8) is 0 Å². The first-order valence-electron chi connectivity index (χ1n) is 14.7. The second kappa shape index (κ2) is 10.2. The topological polar surface area (TPSA) is 100 Å². The van der Waals surface area contributed by atoms with Crippen molar-refractivity contribution >= 4 is 16.9 Å². The van der Waals surface area contributed by atoms with Crippen LogP contribution in [0.2, 0.25) is 0 Å². The SMILES string of the molecule is Cc1nc2ccccc2n1C1C[C@H]2CC[C@@H](C1)N2CCC1(c2cccc(F)c2)CCN(C(=O)c2no[nH]c2=O)CC1. The molecule has 3 fully saturated rings. The van der Waals surface area contributed by atoms with Gasteiger partial charge >= 0.3 is 5.56 Å². The summed E-state index contributed by atoms with van der Waals surface area (Å²) in [4.78, 5) is 34.0. The maximum atomic E-state index is 14.4. The van der Waals surface area contributed by atoms with Gasteiger partial charge in [-0.05, 0) is 98.8 Å². The molecule has 0 radical (unpaired) electrons. The zero-order valence-corrected chi connectivity index (χ0v) is 23.3. The van der Waals surface area contributed by atoms with E-state index in [9.17, 15) is 14.0 Å². The highest BCUT2D eigenvalue weighted by Crippen LogP contribution is 2.45. The van der Waals surface area contributed by atoms with Gasteiger partial charge in [0.15, 0.2) is 0 Å². The highest BCUT2D eigenvalue weighted by molar-refractivity contribution is 5.91. The summed E-state index contributed by atoms with van der Waals surface area (Å²) in [6.07, 6.45) is 6.92. The number of benzene rings is 2. The van der Waals surface area contributed by atoms with E-state index >= 15 is 0 Å². The van der Waals surface area contributed by atoms with Gasteiger partial charge in [-0.2, -0.15) is 5.16 Å². The monoisotopic (exact) mass is 558 g/mol. The number of rotatable bonds is 6. The molecule has 1 amide bonds. The normalized spacial score (nSPS) is 24.2. The van der Waals surface area contributed by atoms with Crippen molar-refractivity contribution in [3.05, 3.63) is 81.8 Å². The lowest BCUT2D eigenvalue weighted by Crippen LogP contribution is -2.49. The summed E-state index contributed by atoms with van der Waals surface area (Å²) in [6, 6.07) is 16.9. The Kier molecular flexibility index (Phi) is 6.53. The number of aryl methyl sites for hydroxylation is 1. The van der Waals surface area contributed by atoms with Crippen LogP contribution in [0.3, 0.4) is 0 Å². The van der Waals surface area contributed by atoms with Crippen LogP contribution in [-0.4, -0.2) is 67.3 Å². The molecular weight excluding hydrogens is 523 g/mol. The van der Waals surface area contributed by atoms with Crippen molar-refractivity contribution in [1.82, 2.24) is 29.7 Å². The smallest absolute Gasteiger partial charge is 0.313 e. The number of imidazole rings is 1. The van der Waals surface area contributed by atoms with Crippen LogP contribution in [0.4, 0.5) is 4.39 Å². The molecular formula is C31H35FN6O3. The van der Waals surface area contributed by atoms with Gasteiger partial charge in [-0.1, -0.05) is 24.3 Å². The summed E-state index contributed by atoms with van der Waals surface area (Å²) in [5.41, 5.74) is 2.20. The fourth-order valence-corrected chi connectivity index (χ4v) is 7.92. The van der Waals surface area contributed by atoms with E-state index in [0.29, 0.717) is 44.1 Å². The average molecular weight is 559 g/mol. The number of amides is 1. The third-order valence-corrected chi connectivity index (χ3v) is 9.98. The number of carbonyl (C=O) groups excluding carboxylic acids is 1. The number of carbonyl (C=O) groups is 1. The van der Waals surface area contributed by atoms with Crippen LogP contribution >= 0.6 is 0 Å². The molecule has 3 saturated heterocycles. The van der Waals surface area contributed by atoms with Crippen LogP contribution in [0.5, 0.6) is 0 Å². The molecule has 3 atom stereocenters. The number of H-pyrrole nitrogens is 1. The van der Waals surface area contributed by atoms with E-state index in [-0.39, 0.29) is 16.9 Å². The van der Waals surface area contributed by atoms with Gasteiger partial charge in [0, 0.05) is 31.2 Å². The highest BCUT2D eigenvalue weighted by atomic mass is 19.1. The van der Waals surface area contributed by atoms with Crippen molar-refractivity contribution in [3.8, 4) is 0 Å². The van der Waals surface area contributed by atoms with Crippen LogP contribution in [0, 0.1) is 12.7 Å². The zero-order valence-electron chi connectivity index (χ0n) is 23.3. The van der Waals surface area contributed by atoms with Gasteiger partial charge in [0.05, 0.1) is 11.0 Å². The molecule has 1 N–H and O–H groups in total. The molecule has 0 spiro atoms. The largest absolute Gasteiger partial charge is 0.337 e. The van der Waals surface area contributed by atoms with E-state index < -0.39 is 11.5 Å². The number of halogens is 1. The molecule has 10 heteroatoms. The second-order valence-electron chi connectivity index (χ2n) is 12.1. The highest BCUT2D eigenvalue weighted by Gasteiger charge is 2.44. The molecule has 214 valence electrons. The first-order chi connectivity index (χ1) is 19.9. The molecule has 0 saturated carbocycles. The number of hydrogen-bond donors (Lipinski definition) is 1. The number of nitrogens with zero attached hydrogens (tertiary/aromatic N) is 5. The minimum atomic E-state index is -0.616. The molecule has 0 aliphatic carbocycles. The third kappa shape index (κ3) is 4.58. The number of piperidine rings is 2. The van der Waals surface area contributed by atoms with Gasteiger partial charge in [0.25, 0.3) is 5.91 Å². The van der Waals surface area contributed by atoms with E-state index in [1.165, 1.54) is 24.4 Å². The van der Waals surface area contributed by atoms with Gasteiger partial charge in [0.2, 0.25) is 5.69 Å². The molecule has 41 heavy (non-hydrogen) atoms. The van der Waals surface area contributed by atoms with E-state index in [2.05, 4.69) is 49.5 Å². The minimum Gasteiger partial charge on any atom is -0.337 e. The number of likely N-dealkylation sites (tertiary alicyclic amines) is 1. The maximum absolute atomic E-state index is 14.4. The lowest BCUT2D eigenvalue weighted by atomic mass is 9.70. The molecule has 2 aromatic heterocycles. The molecule has 1 unspecified atom stereocenters. The summed E-state index contributed by atoms with van der Waals surface area (Å²) >= 11 is 0. The predicted molar refractivity (Wildman–Crippen MR) is 151 cm³/mol. The Morgan fingerprint density at radius 3 is 2.54 bits per heavy atom. The summed E-state index contributed by atoms with van der Waals surface area (Å²) in [5, 5.41) is 5.66. The van der Waals surface area contributed by atoms with Gasteiger partial charge in [-0.3, -0.25) is 19.1 Å². The van der Waals surface area contributed by atoms with Crippen molar-refractivity contribution in [2.45, 2.75) is 75.4 Å². The molecule has 7 rings (SSSR count). The van der Waals surface area contributed by atoms with E-state index in [0.717, 1.165) is 42.7 Å². The average Bonchev–Trinajstić information content (AvgIpc) is 3.63. The van der Waals surface area contributed by atoms with Gasteiger partial charge < -0.3 is 9.47 Å². The molecule has 2 bridgehead atoms. The summed E-state index contributed by atoms with van der Waals surface area (Å²) < 4.78 is 21.5. The van der Waals surface area contributed by atoms with E-state index in [4.69, 9.17) is 4.98 Å². The third-order valence-electron chi connectivity index (χ3n) is 9.98. The first-order valence-corrected chi connectivity index (χ1v) is 14.7. The number of aromatic nitrogens is 4. The Balaban J connectivity index is 1.08. The van der Waals surface area contributed by atoms with E-state index in [1.807, 2.05) is 12.1 Å². The van der Waals surface area contributed by atoms with Gasteiger partial charge in [0.1, 0.15) is 11.6 Å². The van der Waals surface area contributed by atoms with Crippen LogP contribution < -0.4 is 5.56 Å². The molecule has 5 heterocycles. The maximum Gasteiger partial charge on any atom is 0.313 e. The Labute approximate surface area is 237 Å². The van der Waals surface area contributed by atoms with Gasteiger partial charge in [-0.25, -0.2) is 9.37 Å². The first kappa shape index (κ1) is 26.1. The van der Waals surface area contributed by atoms with Crippen LogP contribution in [0.25, 0.3) is 11.0 Å². The summed E-state index contributed by atoms with van der Waals surface area (Å²) in [7, 11) is 0. The molecule has 9 nitrogen and oxygen atoms in total. The standard InChI is InChI=1S/C31H35FN6O3/c1-20-33-26-7-2-3-8-27(26)38(20)25-18-23-9-10-24(19-25)37(23)16-13-31(21-5-4-6-22(32)17-21)11-14-36(15-12-31)30(40)28-29(39)35-41-34-28/h2-8,17,23-25H,9-16,18-19H2,1H3,(H,35,39)/t23-,24+,25?. The molecule has 3 aliphatic rings. The fraction of sp³-hybridized carbons (Fsp3) is 0.484. The van der Waals surface area contributed by atoms with Crippen molar-refractivity contribution in [2.24, 2.45) is 0 Å².